The molecule has 0 bridgehead atoms. The van der Waals surface area contributed by atoms with Crippen molar-refractivity contribution in [2.24, 2.45) is 0 Å². The highest BCUT2D eigenvalue weighted by atomic mass is 16.6. The first kappa shape index (κ1) is 26.1. The smallest absolute Gasteiger partial charge is 0.346 e. The highest BCUT2D eigenvalue weighted by Gasteiger charge is 2.34. The zero-order valence-corrected chi connectivity index (χ0v) is 23.5. The zero-order valence-electron chi connectivity index (χ0n) is 23.5. The summed E-state index contributed by atoms with van der Waals surface area (Å²) in [4.78, 5) is 52.0. The molecule has 5 aromatic carbocycles. The van der Waals surface area contributed by atoms with E-state index in [0.717, 1.165) is 82.0 Å². The van der Waals surface area contributed by atoms with Gasteiger partial charge in [0, 0.05) is 10.8 Å². The van der Waals surface area contributed by atoms with Crippen LogP contribution >= 0.6 is 0 Å². The second kappa shape index (κ2) is 9.91. The first-order valence-electron chi connectivity index (χ1n) is 14.6. The molecule has 208 valence electrons. The van der Waals surface area contributed by atoms with Gasteiger partial charge in [0.2, 0.25) is 0 Å². The normalized spacial score (nSPS) is 14.9. The number of carbonyl (C=O) groups is 4. The van der Waals surface area contributed by atoms with E-state index in [1.54, 1.807) is 24.3 Å². The number of benzene rings is 5. The Morgan fingerprint density at radius 2 is 0.929 bits per heavy atom. The van der Waals surface area contributed by atoms with Crippen LogP contribution in [-0.4, -0.2) is 23.9 Å². The van der Waals surface area contributed by atoms with Gasteiger partial charge in [0.25, 0.3) is 0 Å². The standard InChI is InChI=1S/C36H28O6/c1-3-5-7-9-11-19-17-25-29-23(33(37)41-35(25)39)16-14-22-28-20(12-10-8-6-4-2)18-26-30-24(34(38)42-36(26)40)15-13-21(32(28)30)27(19)31(22)29/h9-18H,3-8H2,1-2H3. The van der Waals surface area contributed by atoms with Gasteiger partial charge in [-0.1, -0.05) is 76.0 Å². The van der Waals surface area contributed by atoms with Crippen LogP contribution in [0.1, 0.15) is 105 Å². The van der Waals surface area contributed by atoms with Crippen LogP contribution < -0.4 is 0 Å². The van der Waals surface area contributed by atoms with E-state index >= 15 is 0 Å². The summed E-state index contributed by atoms with van der Waals surface area (Å²) in [5.41, 5.74) is 3.03. The number of fused-ring (bicyclic) bond motifs is 2. The molecular formula is C36H28O6. The molecule has 0 amide bonds. The molecule has 2 aliphatic heterocycles. The summed E-state index contributed by atoms with van der Waals surface area (Å²) in [5, 5.41) is 6.16. The fourth-order valence-corrected chi connectivity index (χ4v) is 6.55. The van der Waals surface area contributed by atoms with Crippen LogP contribution in [-0.2, 0) is 9.47 Å². The molecule has 0 saturated heterocycles. The van der Waals surface area contributed by atoms with Crippen LogP contribution in [0.3, 0.4) is 0 Å². The van der Waals surface area contributed by atoms with E-state index in [1.807, 2.05) is 24.3 Å². The number of ether oxygens (including phenoxy) is 2. The van der Waals surface area contributed by atoms with Gasteiger partial charge in [0.05, 0.1) is 22.3 Å². The molecule has 6 nitrogen and oxygen atoms in total. The van der Waals surface area contributed by atoms with Crippen molar-refractivity contribution in [3.8, 4) is 0 Å². The van der Waals surface area contributed by atoms with Crippen LogP contribution in [0.25, 0.3) is 55.2 Å². The summed E-state index contributed by atoms with van der Waals surface area (Å²) < 4.78 is 10.3. The van der Waals surface area contributed by atoms with Crippen LogP contribution in [0.4, 0.5) is 0 Å². The Bertz CT molecular complexity index is 1930. The summed E-state index contributed by atoms with van der Waals surface area (Å²) in [6.45, 7) is 4.27. The Kier molecular flexibility index (Phi) is 6.15. The van der Waals surface area contributed by atoms with Crippen molar-refractivity contribution in [2.75, 3.05) is 0 Å². The molecule has 2 aliphatic rings. The number of carbonyl (C=O) groups excluding carboxylic acids is 4. The lowest BCUT2D eigenvalue weighted by Crippen LogP contribution is -2.21. The van der Waals surface area contributed by atoms with E-state index < -0.39 is 23.9 Å². The SMILES string of the molecule is CCCCC=Cc1cc2c3c(ccc4c5c(C=CCCCC)cc6c7c(ccc(c1c34)c75)C(=O)OC6=O)C(=O)OC2=O. The number of rotatable bonds is 8. The Labute approximate surface area is 241 Å². The molecule has 7 rings (SSSR count). The van der Waals surface area contributed by atoms with Gasteiger partial charge in [-0.25, -0.2) is 19.2 Å². The molecular weight excluding hydrogens is 528 g/mol. The molecule has 5 aromatic rings. The van der Waals surface area contributed by atoms with Gasteiger partial charge >= 0.3 is 23.9 Å². The predicted molar refractivity (Wildman–Crippen MR) is 164 cm³/mol. The second-order valence-corrected chi connectivity index (χ2v) is 11.0. The maximum atomic E-state index is 13.1. The van der Waals surface area contributed by atoms with Crippen molar-refractivity contribution < 1.29 is 28.7 Å². The summed E-state index contributed by atoms with van der Waals surface area (Å²) >= 11 is 0. The lowest BCUT2D eigenvalue weighted by Gasteiger charge is -2.25. The van der Waals surface area contributed by atoms with Gasteiger partial charge in [-0.05, 0) is 80.6 Å². The minimum Gasteiger partial charge on any atom is -0.386 e. The summed E-state index contributed by atoms with van der Waals surface area (Å²) in [6, 6.07) is 10.8. The van der Waals surface area contributed by atoms with Crippen LogP contribution in [0, 0.1) is 0 Å². The number of hydrogen-bond donors (Lipinski definition) is 0. The third-order valence-corrected chi connectivity index (χ3v) is 8.46. The topological polar surface area (TPSA) is 86.7 Å². The minimum atomic E-state index is -0.666. The Hall–Kier alpha value is -4.84. The number of allylic oxidation sites excluding steroid dienone is 2. The van der Waals surface area contributed by atoms with E-state index in [0.29, 0.717) is 33.0 Å². The Morgan fingerprint density at radius 3 is 1.33 bits per heavy atom. The number of unbranched alkanes of at least 4 members (excludes halogenated alkanes) is 4. The predicted octanol–water partition coefficient (Wildman–Crippen LogP) is 8.77. The molecule has 6 heteroatoms. The molecule has 0 atom stereocenters. The van der Waals surface area contributed by atoms with Crippen molar-refractivity contribution in [1.82, 2.24) is 0 Å². The highest BCUT2D eigenvalue weighted by molar-refractivity contribution is 6.41. The maximum absolute atomic E-state index is 13.1. The summed E-state index contributed by atoms with van der Waals surface area (Å²) in [6.07, 6.45) is 14.2. The average Bonchev–Trinajstić information content (AvgIpc) is 2.98. The van der Waals surface area contributed by atoms with Gasteiger partial charge < -0.3 is 9.47 Å². The molecule has 0 N–H and O–H groups in total. The minimum absolute atomic E-state index is 0.346. The molecule has 0 saturated carbocycles. The largest absolute Gasteiger partial charge is 0.386 e. The molecule has 0 radical (unpaired) electrons. The molecule has 42 heavy (non-hydrogen) atoms. The Balaban J connectivity index is 1.72. The molecule has 0 aromatic heterocycles. The molecule has 0 aliphatic carbocycles. The van der Waals surface area contributed by atoms with E-state index in [9.17, 15) is 19.2 Å². The van der Waals surface area contributed by atoms with Crippen molar-refractivity contribution >= 4 is 79.1 Å². The van der Waals surface area contributed by atoms with Gasteiger partial charge in [0.15, 0.2) is 0 Å². The maximum Gasteiger partial charge on any atom is 0.346 e. The second-order valence-electron chi connectivity index (χ2n) is 11.0. The lowest BCUT2D eigenvalue weighted by atomic mass is 9.80. The van der Waals surface area contributed by atoms with Gasteiger partial charge in [0.1, 0.15) is 0 Å². The first-order valence-corrected chi connectivity index (χ1v) is 14.6. The lowest BCUT2D eigenvalue weighted by molar-refractivity contribution is 0.0373. The average molecular weight is 557 g/mol. The van der Waals surface area contributed by atoms with Gasteiger partial charge in [-0.15, -0.1) is 0 Å². The fraction of sp³-hybridized carbons (Fsp3) is 0.222. The summed E-state index contributed by atoms with van der Waals surface area (Å²) in [5.74, 6) is -2.66. The first-order chi connectivity index (χ1) is 20.4. The van der Waals surface area contributed by atoms with Gasteiger partial charge in [-0.2, -0.15) is 0 Å². The van der Waals surface area contributed by atoms with Gasteiger partial charge in [-0.3, -0.25) is 0 Å². The van der Waals surface area contributed by atoms with E-state index in [-0.39, 0.29) is 0 Å². The third kappa shape index (κ3) is 3.71. The van der Waals surface area contributed by atoms with Crippen molar-refractivity contribution in [1.29, 1.82) is 0 Å². The van der Waals surface area contributed by atoms with E-state index in [1.165, 1.54) is 0 Å². The van der Waals surface area contributed by atoms with Crippen molar-refractivity contribution in [2.45, 2.75) is 52.4 Å². The fourth-order valence-electron chi connectivity index (χ4n) is 6.55. The number of cyclic esters (lactones) is 4. The van der Waals surface area contributed by atoms with Crippen LogP contribution in [0.5, 0.6) is 0 Å². The number of esters is 4. The zero-order chi connectivity index (χ0) is 29.1. The van der Waals surface area contributed by atoms with Crippen molar-refractivity contribution in [3.05, 3.63) is 81.9 Å². The molecule has 2 heterocycles. The highest BCUT2D eigenvalue weighted by Crippen LogP contribution is 2.48. The van der Waals surface area contributed by atoms with Crippen LogP contribution in [0.15, 0.2) is 48.6 Å². The third-order valence-electron chi connectivity index (χ3n) is 8.46. The monoisotopic (exact) mass is 556 g/mol. The van der Waals surface area contributed by atoms with Crippen molar-refractivity contribution in [3.63, 3.8) is 0 Å². The number of hydrogen-bond acceptors (Lipinski definition) is 6. The molecule has 0 fully saturated rings. The van der Waals surface area contributed by atoms with Crippen LogP contribution in [0.2, 0.25) is 0 Å². The van der Waals surface area contributed by atoms with E-state index in [4.69, 9.17) is 9.47 Å². The Morgan fingerprint density at radius 1 is 0.524 bits per heavy atom. The van der Waals surface area contributed by atoms with E-state index in [2.05, 4.69) is 26.0 Å². The molecule has 0 unspecified atom stereocenters. The summed E-state index contributed by atoms with van der Waals surface area (Å²) in [7, 11) is 0. The molecule has 0 spiro atoms. The quantitative estimate of drug-likeness (QED) is 0.0624.